The number of anilines is 1. The van der Waals surface area contributed by atoms with Crippen LogP contribution in [0.1, 0.15) is 29.9 Å². The third-order valence-electron chi connectivity index (χ3n) is 7.18. The molecule has 7 heteroatoms. The van der Waals surface area contributed by atoms with Crippen LogP contribution in [0.4, 0.5) is 5.69 Å². The number of likely N-dealkylation sites (tertiary alicyclic amines) is 1. The molecule has 2 saturated carbocycles. The van der Waals surface area contributed by atoms with E-state index in [2.05, 4.69) is 33.4 Å². The van der Waals surface area contributed by atoms with Gasteiger partial charge >= 0.3 is 0 Å². The van der Waals surface area contributed by atoms with Crippen molar-refractivity contribution in [3.05, 3.63) is 63.1 Å². The molecule has 3 fully saturated rings. The molecule has 0 spiro atoms. The Balaban J connectivity index is 1.32. The summed E-state index contributed by atoms with van der Waals surface area (Å²) < 4.78 is 0.742. The molecule has 1 saturated heterocycles. The van der Waals surface area contributed by atoms with Crippen LogP contribution in [0.5, 0.6) is 0 Å². The van der Waals surface area contributed by atoms with Crippen molar-refractivity contribution in [3.8, 4) is 0 Å². The van der Waals surface area contributed by atoms with Crippen molar-refractivity contribution in [2.45, 2.75) is 25.7 Å². The van der Waals surface area contributed by atoms with Gasteiger partial charge in [-0.05, 0) is 76.7 Å². The van der Waals surface area contributed by atoms with Gasteiger partial charge < -0.3 is 5.32 Å². The van der Waals surface area contributed by atoms with E-state index in [4.69, 9.17) is 11.6 Å². The minimum atomic E-state index is -0.393. The Hall–Kier alpha value is -2.18. The number of benzene rings is 2. The molecule has 160 valence electrons. The van der Waals surface area contributed by atoms with Gasteiger partial charge in [0.2, 0.25) is 17.7 Å². The number of rotatable bonds is 4. The van der Waals surface area contributed by atoms with Crippen LogP contribution in [0, 0.1) is 30.6 Å². The lowest BCUT2D eigenvalue weighted by Crippen LogP contribution is -2.39. The van der Waals surface area contributed by atoms with Crippen LogP contribution in [0.2, 0.25) is 5.02 Å². The number of fused-ring (bicyclic) bond motifs is 5. The Morgan fingerprint density at radius 2 is 1.84 bits per heavy atom. The first-order valence-corrected chi connectivity index (χ1v) is 11.7. The predicted molar refractivity (Wildman–Crippen MR) is 122 cm³/mol. The normalized spacial score (nSPS) is 28.9. The van der Waals surface area contributed by atoms with Gasteiger partial charge in [-0.25, -0.2) is 0 Å². The fourth-order valence-corrected chi connectivity index (χ4v) is 6.50. The van der Waals surface area contributed by atoms with Crippen LogP contribution in [-0.2, 0) is 14.4 Å². The Bertz CT molecular complexity index is 1090. The van der Waals surface area contributed by atoms with Crippen LogP contribution < -0.4 is 5.32 Å². The molecular weight excluding hydrogens is 480 g/mol. The number of aryl methyl sites for hydroxylation is 1. The first-order valence-electron chi connectivity index (χ1n) is 10.5. The summed E-state index contributed by atoms with van der Waals surface area (Å²) >= 11 is 9.49. The van der Waals surface area contributed by atoms with E-state index in [9.17, 15) is 14.4 Å². The lowest BCUT2D eigenvalue weighted by Gasteiger charge is -2.28. The van der Waals surface area contributed by atoms with Crippen molar-refractivity contribution < 1.29 is 14.4 Å². The van der Waals surface area contributed by atoms with Crippen LogP contribution in [0.3, 0.4) is 0 Å². The molecule has 2 aromatic carbocycles. The number of amides is 3. The molecule has 0 aromatic heterocycles. The molecule has 0 radical (unpaired) electrons. The number of imide groups is 1. The van der Waals surface area contributed by atoms with Crippen molar-refractivity contribution in [1.82, 2.24) is 4.90 Å². The predicted octanol–water partition coefficient (Wildman–Crippen LogP) is 4.77. The Labute approximate surface area is 194 Å². The summed E-state index contributed by atoms with van der Waals surface area (Å²) in [5.74, 6) is -0.631. The van der Waals surface area contributed by atoms with Crippen molar-refractivity contribution >= 4 is 50.9 Å². The fraction of sp³-hybridized carbons (Fsp3) is 0.375. The Morgan fingerprint density at radius 3 is 2.58 bits per heavy atom. The molecule has 31 heavy (non-hydrogen) atoms. The highest BCUT2D eigenvalue weighted by Crippen LogP contribution is 2.61. The number of nitrogens with zero attached hydrogens (tertiary/aromatic N) is 1. The highest BCUT2D eigenvalue weighted by atomic mass is 79.9. The van der Waals surface area contributed by atoms with Crippen LogP contribution >= 0.6 is 27.5 Å². The topological polar surface area (TPSA) is 66.5 Å². The molecule has 2 bridgehead atoms. The van der Waals surface area contributed by atoms with Crippen molar-refractivity contribution in [1.29, 1.82) is 0 Å². The quantitative estimate of drug-likeness (QED) is 0.614. The summed E-state index contributed by atoms with van der Waals surface area (Å²) in [4.78, 5) is 40.2. The molecule has 2 aliphatic carbocycles. The lowest BCUT2D eigenvalue weighted by atomic mass is 9.73. The zero-order valence-electron chi connectivity index (χ0n) is 17.0. The summed E-state index contributed by atoms with van der Waals surface area (Å²) in [5, 5.41) is 3.27. The third-order valence-corrected chi connectivity index (χ3v) is 8.37. The molecular formula is C24H22BrClN2O3. The average molecular weight is 502 g/mol. The average Bonchev–Trinajstić information content (AvgIpc) is 3.40. The van der Waals surface area contributed by atoms with Gasteiger partial charge in [0.1, 0.15) is 6.54 Å². The van der Waals surface area contributed by atoms with Gasteiger partial charge in [-0.2, -0.15) is 0 Å². The summed E-state index contributed by atoms with van der Waals surface area (Å²) in [6, 6.07) is 13.7. The zero-order valence-corrected chi connectivity index (χ0v) is 19.3. The van der Waals surface area contributed by atoms with Crippen molar-refractivity contribution in [3.63, 3.8) is 0 Å². The van der Waals surface area contributed by atoms with E-state index >= 15 is 0 Å². The van der Waals surface area contributed by atoms with Crippen LogP contribution in [0.15, 0.2) is 46.9 Å². The number of hydrogen-bond acceptors (Lipinski definition) is 3. The van der Waals surface area contributed by atoms with Crippen molar-refractivity contribution in [2.24, 2.45) is 23.7 Å². The molecule has 5 nitrogen and oxygen atoms in total. The monoisotopic (exact) mass is 500 g/mol. The molecule has 3 aliphatic rings. The number of hydrogen-bond donors (Lipinski definition) is 1. The standard InChI is InChI=1S/C24H22BrClN2O3/c1-12-7-17(25)18(26)10-19(12)27-20(29)11-28-23(30)21-14-8-15(13-5-3-2-4-6-13)16(9-14)22(21)24(28)31/h2-7,10,14-16,21-22H,8-9,11H2,1H3,(H,27,29)/t14-,15+,16+,21+,22+/m0/s1. The summed E-state index contributed by atoms with van der Waals surface area (Å²) in [5.41, 5.74) is 2.65. The maximum absolute atomic E-state index is 13.2. The second kappa shape index (κ2) is 7.75. The molecule has 3 amide bonds. The van der Waals surface area contributed by atoms with E-state index in [1.807, 2.05) is 31.2 Å². The molecule has 5 atom stereocenters. The summed E-state index contributed by atoms with van der Waals surface area (Å²) in [6.45, 7) is 1.60. The largest absolute Gasteiger partial charge is 0.324 e. The van der Waals surface area contributed by atoms with E-state index in [-0.39, 0.29) is 42.0 Å². The molecule has 5 rings (SSSR count). The van der Waals surface area contributed by atoms with E-state index in [0.717, 1.165) is 22.9 Å². The van der Waals surface area contributed by atoms with Gasteiger partial charge in [0, 0.05) is 10.2 Å². The van der Waals surface area contributed by atoms with Gasteiger partial charge in [0.05, 0.1) is 16.9 Å². The molecule has 0 unspecified atom stereocenters. The fourth-order valence-electron chi connectivity index (χ4n) is 5.87. The minimum absolute atomic E-state index is 0.175. The minimum Gasteiger partial charge on any atom is -0.324 e. The third kappa shape index (κ3) is 3.40. The number of carbonyl (C=O) groups excluding carboxylic acids is 3. The van der Waals surface area contributed by atoms with Crippen LogP contribution in [0.25, 0.3) is 0 Å². The number of nitrogens with one attached hydrogen (secondary N) is 1. The van der Waals surface area contributed by atoms with Gasteiger partial charge in [-0.15, -0.1) is 0 Å². The highest BCUT2D eigenvalue weighted by Gasteiger charge is 2.63. The second-order valence-corrected chi connectivity index (χ2v) is 10.1. The van der Waals surface area contributed by atoms with Gasteiger partial charge in [0.25, 0.3) is 0 Å². The van der Waals surface area contributed by atoms with E-state index in [1.54, 1.807) is 6.07 Å². The first-order chi connectivity index (χ1) is 14.8. The molecule has 1 heterocycles. The highest BCUT2D eigenvalue weighted by molar-refractivity contribution is 9.10. The van der Waals surface area contributed by atoms with Gasteiger partial charge in [-0.1, -0.05) is 41.9 Å². The number of carbonyl (C=O) groups is 3. The maximum atomic E-state index is 13.2. The van der Waals surface area contributed by atoms with Crippen LogP contribution in [-0.4, -0.2) is 29.2 Å². The molecule has 1 N–H and O–H groups in total. The van der Waals surface area contributed by atoms with Gasteiger partial charge in [0.15, 0.2) is 0 Å². The maximum Gasteiger partial charge on any atom is 0.244 e. The summed E-state index contributed by atoms with van der Waals surface area (Å²) in [7, 11) is 0. The van der Waals surface area contributed by atoms with Gasteiger partial charge in [-0.3, -0.25) is 19.3 Å². The SMILES string of the molecule is Cc1cc(Br)c(Cl)cc1NC(=O)CN1C(=O)[C@@H]2[C@@H]3C[C@@H]([C@H]2C1=O)[C@@H](c1ccccc1)C3. The van der Waals surface area contributed by atoms with E-state index < -0.39 is 5.91 Å². The Morgan fingerprint density at radius 1 is 1.13 bits per heavy atom. The smallest absolute Gasteiger partial charge is 0.244 e. The molecule has 2 aromatic rings. The zero-order chi connectivity index (χ0) is 21.9. The van der Waals surface area contributed by atoms with E-state index in [1.165, 1.54) is 10.5 Å². The van der Waals surface area contributed by atoms with Crippen molar-refractivity contribution in [2.75, 3.05) is 11.9 Å². The molecule has 1 aliphatic heterocycles. The lowest BCUT2D eigenvalue weighted by molar-refractivity contribution is -0.143. The first kappa shape index (κ1) is 20.7. The second-order valence-electron chi connectivity index (χ2n) is 8.86. The Kier molecular flexibility index (Phi) is 5.18. The summed E-state index contributed by atoms with van der Waals surface area (Å²) in [6.07, 6.45) is 1.86. The van der Waals surface area contributed by atoms with E-state index in [0.29, 0.717) is 16.6 Å². The number of halogens is 2.